The monoisotopic (exact) mass is 357 g/mol. The molecular formula is C20H27N3O3. The molecule has 0 aromatic heterocycles. The molecule has 6 nitrogen and oxygen atoms in total. The van der Waals surface area contributed by atoms with Crippen molar-refractivity contribution in [1.82, 2.24) is 15.5 Å². The van der Waals surface area contributed by atoms with Crippen molar-refractivity contribution < 1.29 is 14.4 Å². The highest BCUT2D eigenvalue weighted by Gasteiger charge is 2.36. The number of Topliss-reactive ketones (excluding diaryl/α,β-unsaturated/α-hetero) is 1. The molecule has 2 aliphatic rings. The molecule has 2 fully saturated rings. The summed E-state index contributed by atoms with van der Waals surface area (Å²) in [6.07, 6.45) is 4.46. The first kappa shape index (κ1) is 18.6. The Morgan fingerprint density at radius 3 is 2.50 bits per heavy atom. The summed E-state index contributed by atoms with van der Waals surface area (Å²) in [4.78, 5) is 39.5. The van der Waals surface area contributed by atoms with Gasteiger partial charge in [0.25, 0.3) is 5.91 Å². The Labute approximate surface area is 154 Å². The first-order valence-corrected chi connectivity index (χ1v) is 9.41. The second-order valence-corrected chi connectivity index (χ2v) is 7.41. The SMILES string of the molecule is CN1CCCC1C(=O)NC(CC1CC1)C(=O)C(=O)NCc1ccccc1. The minimum atomic E-state index is -0.722. The van der Waals surface area contributed by atoms with Gasteiger partial charge in [0, 0.05) is 6.54 Å². The molecule has 1 saturated heterocycles. The van der Waals surface area contributed by atoms with E-state index in [0.29, 0.717) is 18.9 Å². The second kappa shape index (κ2) is 8.45. The maximum Gasteiger partial charge on any atom is 0.289 e. The van der Waals surface area contributed by atoms with E-state index < -0.39 is 17.7 Å². The molecule has 6 heteroatoms. The number of carbonyl (C=O) groups excluding carboxylic acids is 3. The van der Waals surface area contributed by atoms with E-state index in [9.17, 15) is 14.4 Å². The van der Waals surface area contributed by atoms with Crippen LogP contribution >= 0.6 is 0 Å². The van der Waals surface area contributed by atoms with Gasteiger partial charge in [0.2, 0.25) is 11.7 Å². The molecular weight excluding hydrogens is 330 g/mol. The van der Waals surface area contributed by atoms with Gasteiger partial charge in [-0.1, -0.05) is 43.2 Å². The van der Waals surface area contributed by atoms with Gasteiger partial charge in [-0.3, -0.25) is 19.3 Å². The summed E-state index contributed by atoms with van der Waals surface area (Å²) in [5, 5.41) is 5.52. The van der Waals surface area contributed by atoms with Crippen molar-refractivity contribution >= 4 is 17.6 Å². The number of hydrogen-bond donors (Lipinski definition) is 2. The van der Waals surface area contributed by atoms with E-state index in [0.717, 1.165) is 37.8 Å². The lowest BCUT2D eigenvalue weighted by Crippen LogP contribution is -2.52. The summed E-state index contributed by atoms with van der Waals surface area (Å²) < 4.78 is 0. The van der Waals surface area contributed by atoms with E-state index in [-0.39, 0.29) is 11.9 Å². The van der Waals surface area contributed by atoms with Gasteiger partial charge in [-0.05, 0) is 44.3 Å². The van der Waals surface area contributed by atoms with Crippen LogP contribution in [0.4, 0.5) is 0 Å². The van der Waals surface area contributed by atoms with Crippen molar-refractivity contribution in [3.8, 4) is 0 Å². The van der Waals surface area contributed by atoms with E-state index in [1.807, 2.05) is 42.3 Å². The molecule has 140 valence electrons. The normalized spacial score (nSPS) is 21.2. The Bertz CT molecular complexity index is 658. The van der Waals surface area contributed by atoms with Crippen molar-refractivity contribution in [2.24, 2.45) is 5.92 Å². The highest BCUT2D eigenvalue weighted by atomic mass is 16.2. The number of carbonyl (C=O) groups is 3. The quantitative estimate of drug-likeness (QED) is 0.687. The van der Waals surface area contributed by atoms with Crippen LogP contribution in [0.25, 0.3) is 0 Å². The average molecular weight is 357 g/mol. The lowest BCUT2D eigenvalue weighted by atomic mass is 10.0. The molecule has 0 bridgehead atoms. The Morgan fingerprint density at radius 2 is 1.88 bits per heavy atom. The predicted molar refractivity (Wildman–Crippen MR) is 98.2 cm³/mol. The molecule has 1 heterocycles. The number of rotatable bonds is 8. The molecule has 1 saturated carbocycles. The minimum Gasteiger partial charge on any atom is -0.345 e. The summed E-state index contributed by atoms with van der Waals surface area (Å²) in [6, 6.07) is 8.54. The molecule has 1 aliphatic carbocycles. The van der Waals surface area contributed by atoms with Crippen LogP contribution in [0.1, 0.15) is 37.7 Å². The number of likely N-dealkylation sites (N-methyl/N-ethyl adjacent to an activating group) is 1. The fourth-order valence-electron chi connectivity index (χ4n) is 3.45. The van der Waals surface area contributed by atoms with Gasteiger partial charge in [-0.15, -0.1) is 0 Å². The van der Waals surface area contributed by atoms with Crippen LogP contribution in [0.3, 0.4) is 0 Å². The molecule has 2 amide bonds. The number of nitrogens with zero attached hydrogens (tertiary/aromatic N) is 1. The van der Waals surface area contributed by atoms with E-state index in [1.165, 1.54) is 0 Å². The van der Waals surface area contributed by atoms with Gasteiger partial charge in [0.1, 0.15) is 0 Å². The molecule has 3 rings (SSSR count). The van der Waals surface area contributed by atoms with Crippen molar-refractivity contribution in [2.75, 3.05) is 13.6 Å². The van der Waals surface area contributed by atoms with Crippen LogP contribution < -0.4 is 10.6 Å². The number of likely N-dealkylation sites (tertiary alicyclic amines) is 1. The summed E-state index contributed by atoms with van der Waals surface area (Å²) in [7, 11) is 1.92. The van der Waals surface area contributed by atoms with Gasteiger partial charge >= 0.3 is 0 Å². The molecule has 1 aromatic rings. The largest absolute Gasteiger partial charge is 0.345 e. The third kappa shape index (κ3) is 4.91. The first-order chi connectivity index (χ1) is 12.5. The van der Waals surface area contributed by atoms with Crippen molar-refractivity contribution in [3.63, 3.8) is 0 Å². The lowest BCUT2D eigenvalue weighted by Gasteiger charge is -2.23. The Kier molecular flexibility index (Phi) is 6.04. The Balaban J connectivity index is 1.57. The molecule has 0 spiro atoms. The van der Waals surface area contributed by atoms with Gasteiger partial charge in [0.15, 0.2) is 0 Å². The maximum atomic E-state index is 12.6. The number of amides is 2. The molecule has 2 atom stereocenters. The third-order valence-corrected chi connectivity index (χ3v) is 5.24. The van der Waals surface area contributed by atoms with Crippen molar-refractivity contribution in [1.29, 1.82) is 0 Å². The summed E-state index contributed by atoms with van der Waals surface area (Å²) in [6.45, 7) is 1.19. The van der Waals surface area contributed by atoms with Gasteiger partial charge in [-0.25, -0.2) is 0 Å². The first-order valence-electron chi connectivity index (χ1n) is 9.41. The maximum absolute atomic E-state index is 12.6. The molecule has 2 N–H and O–H groups in total. The van der Waals surface area contributed by atoms with Crippen LogP contribution in [-0.4, -0.2) is 48.2 Å². The number of ketones is 1. The Hall–Kier alpha value is -2.21. The van der Waals surface area contributed by atoms with E-state index >= 15 is 0 Å². The van der Waals surface area contributed by atoms with Crippen molar-refractivity contribution in [2.45, 2.75) is 50.7 Å². The van der Waals surface area contributed by atoms with E-state index in [2.05, 4.69) is 10.6 Å². The van der Waals surface area contributed by atoms with Crippen LogP contribution in [-0.2, 0) is 20.9 Å². The van der Waals surface area contributed by atoms with E-state index in [1.54, 1.807) is 0 Å². The number of hydrogen-bond acceptors (Lipinski definition) is 4. The Morgan fingerprint density at radius 1 is 1.15 bits per heavy atom. The zero-order chi connectivity index (χ0) is 18.5. The van der Waals surface area contributed by atoms with Crippen LogP contribution in [0.5, 0.6) is 0 Å². The zero-order valence-corrected chi connectivity index (χ0v) is 15.2. The fourth-order valence-corrected chi connectivity index (χ4v) is 3.45. The summed E-state index contributed by atoms with van der Waals surface area (Å²) in [5.41, 5.74) is 0.934. The van der Waals surface area contributed by atoms with Gasteiger partial charge in [0.05, 0.1) is 12.1 Å². The van der Waals surface area contributed by atoms with Gasteiger partial charge < -0.3 is 10.6 Å². The molecule has 26 heavy (non-hydrogen) atoms. The van der Waals surface area contributed by atoms with E-state index in [4.69, 9.17) is 0 Å². The molecule has 1 aliphatic heterocycles. The predicted octanol–water partition coefficient (Wildman–Crippen LogP) is 1.25. The highest BCUT2D eigenvalue weighted by Crippen LogP contribution is 2.33. The third-order valence-electron chi connectivity index (χ3n) is 5.24. The summed E-state index contributed by atoms with van der Waals surface area (Å²) >= 11 is 0. The minimum absolute atomic E-state index is 0.139. The average Bonchev–Trinajstić information content (AvgIpc) is 3.36. The fraction of sp³-hybridized carbons (Fsp3) is 0.550. The lowest BCUT2D eigenvalue weighted by molar-refractivity contribution is -0.140. The topological polar surface area (TPSA) is 78.5 Å². The van der Waals surface area contributed by atoms with Crippen molar-refractivity contribution in [3.05, 3.63) is 35.9 Å². The highest BCUT2D eigenvalue weighted by molar-refractivity contribution is 6.38. The zero-order valence-electron chi connectivity index (χ0n) is 15.2. The smallest absolute Gasteiger partial charge is 0.289 e. The van der Waals surface area contributed by atoms with Gasteiger partial charge in [-0.2, -0.15) is 0 Å². The molecule has 0 radical (unpaired) electrons. The second-order valence-electron chi connectivity index (χ2n) is 7.41. The molecule has 2 unspecified atom stereocenters. The summed E-state index contributed by atoms with van der Waals surface area (Å²) in [5.74, 6) is -0.867. The van der Waals surface area contributed by atoms with Crippen LogP contribution in [0.15, 0.2) is 30.3 Å². The molecule has 1 aromatic carbocycles. The van der Waals surface area contributed by atoms with Crippen LogP contribution in [0, 0.1) is 5.92 Å². The number of nitrogens with one attached hydrogen (secondary N) is 2. The standard InChI is InChI=1S/C20H27N3O3/c1-23-11-5-8-17(23)19(25)22-16(12-14-9-10-14)18(24)20(26)21-13-15-6-3-2-4-7-15/h2-4,6-7,14,16-17H,5,8-13H2,1H3,(H,21,26)(H,22,25). The number of benzene rings is 1. The van der Waals surface area contributed by atoms with Crippen LogP contribution in [0.2, 0.25) is 0 Å².